The van der Waals surface area contributed by atoms with Gasteiger partial charge in [0.15, 0.2) is 0 Å². The van der Waals surface area contributed by atoms with Crippen LogP contribution in [0.25, 0.3) is 0 Å². The maximum Gasteiger partial charge on any atom is 0.118 e. The Labute approximate surface area is 65.8 Å². The van der Waals surface area contributed by atoms with Crippen LogP contribution in [0.5, 0.6) is 0 Å². The fourth-order valence-electron chi connectivity index (χ4n) is 1.35. The molecule has 0 radical (unpaired) electrons. The van der Waals surface area contributed by atoms with E-state index >= 15 is 0 Å². The van der Waals surface area contributed by atoms with Gasteiger partial charge >= 0.3 is 0 Å². The van der Waals surface area contributed by atoms with Crippen LogP contribution in [0.2, 0.25) is 4.66 Å². The molecule has 0 amide bonds. The van der Waals surface area contributed by atoms with Crippen molar-refractivity contribution in [3.05, 3.63) is 0 Å². The van der Waals surface area contributed by atoms with Gasteiger partial charge in [0, 0.05) is 20.5 Å². The van der Waals surface area contributed by atoms with E-state index < -0.39 is 0 Å². The second-order valence-corrected chi connectivity index (χ2v) is 11.8. The van der Waals surface area contributed by atoms with Crippen molar-refractivity contribution in [2.45, 2.75) is 21.8 Å². The predicted molar refractivity (Wildman–Crippen MR) is 46.2 cm³/mol. The van der Waals surface area contributed by atoms with E-state index in [1.54, 1.807) is 0 Å². The maximum atomic E-state index is 5.80. The molecule has 1 rings (SSSR count). The lowest BCUT2D eigenvalue weighted by Crippen LogP contribution is -2.39. The lowest BCUT2D eigenvalue weighted by molar-refractivity contribution is 0.421. The van der Waals surface area contributed by atoms with Gasteiger partial charge in [-0.2, -0.15) is 0 Å². The summed E-state index contributed by atoms with van der Waals surface area (Å²) >= 11 is 11.6. The van der Waals surface area contributed by atoms with Gasteiger partial charge in [0.05, 0.1) is 0 Å². The zero-order valence-electron chi connectivity index (χ0n) is 5.17. The average molecular weight is 185 g/mol. The zero-order chi connectivity index (χ0) is 6.41. The first-order valence-corrected chi connectivity index (χ1v) is 5.55. The average Bonchev–Trinajstić information content (AvgIpc) is 1.20. The van der Waals surface area contributed by atoms with E-state index in [1.165, 1.54) is 20.5 Å². The summed E-state index contributed by atoms with van der Waals surface area (Å²) in [5, 5.41) is 0. The van der Waals surface area contributed by atoms with Crippen LogP contribution in [0.4, 0.5) is 0 Å². The molecule has 0 aromatic rings. The minimum absolute atomic E-state index is 0.330. The van der Waals surface area contributed by atoms with E-state index in [0.29, 0.717) is 4.66 Å². The van der Waals surface area contributed by atoms with E-state index in [2.05, 4.69) is 0 Å². The molecule has 1 aliphatic carbocycles. The summed E-state index contributed by atoms with van der Waals surface area (Å²) in [4.78, 5) is 0. The van der Waals surface area contributed by atoms with E-state index in [-0.39, 0.29) is 4.33 Å². The van der Waals surface area contributed by atoms with Gasteiger partial charge < -0.3 is 0 Å². The van der Waals surface area contributed by atoms with Crippen molar-refractivity contribution >= 4 is 43.7 Å². The van der Waals surface area contributed by atoms with Crippen molar-refractivity contribution in [3.63, 3.8) is 0 Å². The minimum atomic E-state index is -0.330. The predicted octanol–water partition coefficient (Wildman–Crippen LogP) is -0.199. The van der Waals surface area contributed by atoms with E-state index in [1.807, 2.05) is 0 Å². The smallest absolute Gasteiger partial charge is 0.102 e. The highest BCUT2D eigenvalue weighted by Crippen LogP contribution is 2.55. The molecule has 0 bridgehead atoms. The summed E-state index contributed by atoms with van der Waals surface area (Å²) in [5.74, 6) is 0. The third-order valence-electron chi connectivity index (χ3n) is 1.47. The van der Waals surface area contributed by atoms with Crippen molar-refractivity contribution in [3.8, 4) is 0 Å². The molecule has 0 saturated heterocycles. The lowest BCUT2D eigenvalue weighted by atomic mass is 9.96. The molecule has 0 nitrogen and oxygen atoms in total. The highest BCUT2D eigenvalue weighted by Gasteiger charge is 2.46. The van der Waals surface area contributed by atoms with E-state index in [4.69, 9.17) is 23.2 Å². The van der Waals surface area contributed by atoms with E-state index in [9.17, 15) is 0 Å². The summed E-state index contributed by atoms with van der Waals surface area (Å²) in [6.07, 6.45) is 2.11. The van der Waals surface area contributed by atoms with Gasteiger partial charge in [-0.05, 0) is 12.8 Å². The largest absolute Gasteiger partial charge is 0.118 e. The third kappa shape index (κ3) is 1.50. The molecule has 0 aromatic carbocycles. The van der Waals surface area contributed by atoms with Gasteiger partial charge in [0.1, 0.15) is 4.33 Å². The van der Waals surface area contributed by atoms with Gasteiger partial charge in [-0.3, -0.25) is 0 Å². The molecule has 4 heteroatoms. The monoisotopic (exact) mass is 184 g/mol. The van der Waals surface area contributed by atoms with Crippen molar-refractivity contribution in [2.75, 3.05) is 0 Å². The van der Waals surface area contributed by atoms with Crippen LogP contribution in [0.1, 0.15) is 12.8 Å². The van der Waals surface area contributed by atoms with Gasteiger partial charge in [0.2, 0.25) is 0 Å². The molecular formula is C4H10Cl2Si2. The standard InChI is InChI=1S/C4H10Cl2Si2/c5-3(6)1-4(7,8)2-3/h1-2H2,7-8H3. The summed E-state index contributed by atoms with van der Waals surface area (Å²) in [6.45, 7) is 0. The number of halogens is 2. The number of alkyl halides is 2. The second kappa shape index (κ2) is 1.75. The number of hydrogen-bond donors (Lipinski definition) is 0. The van der Waals surface area contributed by atoms with Crippen LogP contribution < -0.4 is 0 Å². The zero-order valence-corrected chi connectivity index (χ0v) is 10.7. The fraction of sp³-hybridized carbons (Fsp3) is 1.00. The molecule has 48 valence electrons. The Morgan fingerprint density at radius 2 is 1.50 bits per heavy atom. The summed E-state index contributed by atoms with van der Waals surface area (Å²) in [5.41, 5.74) is 0. The molecule has 0 N–H and O–H groups in total. The Kier molecular flexibility index (Phi) is 1.56. The molecule has 1 aliphatic rings. The van der Waals surface area contributed by atoms with Crippen LogP contribution in [0, 0.1) is 0 Å². The van der Waals surface area contributed by atoms with Gasteiger partial charge in [-0.1, -0.05) is 4.66 Å². The number of rotatable bonds is 0. The molecule has 0 aliphatic heterocycles. The highest BCUT2D eigenvalue weighted by molar-refractivity contribution is 6.53. The first-order chi connectivity index (χ1) is 3.41. The normalized spacial score (nSPS) is 32.2. The summed E-state index contributed by atoms with van der Waals surface area (Å²) < 4.78 is 0.340. The summed E-state index contributed by atoms with van der Waals surface area (Å²) in [7, 11) is 2.56. The highest BCUT2D eigenvalue weighted by atomic mass is 35.5. The van der Waals surface area contributed by atoms with Gasteiger partial charge in [-0.15, -0.1) is 23.2 Å². The Morgan fingerprint density at radius 1 is 1.12 bits per heavy atom. The molecule has 0 heterocycles. The molecule has 0 aromatic heterocycles. The van der Waals surface area contributed by atoms with Crippen LogP contribution in [0.15, 0.2) is 0 Å². The summed E-state index contributed by atoms with van der Waals surface area (Å²) in [6, 6.07) is 0. The Bertz CT molecular complexity index is 88.6. The van der Waals surface area contributed by atoms with Crippen molar-refractivity contribution in [1.29, 1.82) is 0 Å². The van der Waals surface area contributed by atoms with Crippen LogP contribution in [0.3, 0.4) is 0 Å². The SMILES string of the molecule is [SiH3]C1([SiH3])CC(Cl)(Cl)C1. The van der Waals surface area contributed by atoms with Crippen LogP contribution in [-0.4, -0.2) is 24.8 Å². The Balaban J connectivity index is 2.42. The Morgan fingerprint density at radius 3 is 1.50 bits per heavy atom. The van der Waals surface area contributed by atoms with Crippen LogP contribution >= 0.6 is 23.2 Å². The lowest BCUT2D eigenvalue weighted by Gasteiger charge is -2.45. The van der Waals surface area contributed by atoms with E-state index in [0.717, 1.165) is 12.8 Å². The minimum Gasteiger partial charge on any atom is -0.102 e. The first-order valence-electron chi connectivity index (χ1n) is 2.79. The maximum absolute atomic E-state index is 5.80. The first kappa shape index (κ1) is 7.12. The van der Waals surface area contributed by atoms with Crippen molar-refractivity contribution in [1.82, 2.24) is 0 Å². The molecule has 1 saturated carbocycles. The third-order valence-corrected chi connectivity index (χ3v) is 3.42. The molecule has 0 spiro atoms. The number of hydrogen-bond acceptors (Lipinski definition) is 0. The molecular weight excluding hydrogens is 175 g/mol. The topological polar surface area (TPSA) is 0 Å². The molecule has 1 fully saturated rings. The fourth-order valence-corrected chi connectivity index (χ4v) is 7.00. The van der Waals surface area contributed by atoms with Crippen molar-refractivity contribution < 1.29 is 0 Å². The molecule has 0 atom stereocenters. The van der Waals surface area contributed by atoms with Crippen LogP contribution in [-0.2, 0) is 0 Å². The quantitative estimate of drug-likeness (QED) is 0.362. The van der Waals surface area contributed by atoms with Gasteiger partial charge in [-0.25, -0.2) is 0 Å². The van der Waals surface area contributed by atoms with Gasteiger partial charge in [0.25, 0.3) is 0 Å². The molecule has 8 heavy (non-hydrogen) atoms. The van der Waals surface area contributed by atoms with Crippen molar-refractivity contribution in [2.24, 2.45) is 0 Å². The second-order valence-electron chi connectivity index (χ2n) is 3.37. The Hall–Kier alpha value is 1.01. The molecule has 0 unspecified atom stereocenters.